The number of rotatable bonds is 3. The number of carbonyl (C=O) groups is 1. The molecule has 1 aromatic heterocycles. The average Bonchev–Trinajstić information content (AvgIpc) is 2.59. The van der Waals surface area contributed by atoms with Crippen LogP contribution in [0.4, 0.5) is 16.3 Å². The van der Waals surface area contributed by atoms with Gasteiger partial charge in [-0.3, -0.25) is 14.7 Å². The first kappa shape index (κ1) is 17.7. The van der Waals surface area contributed by atoms with E-state index in [4.69, 9.17) is 11.6 Å². The summed E-state index contributed by atoms with van der Waals surface area (Å²) in [6.07, 6.45) is 2.98. The lowest BCUT2D eigenvalue weighted by molar-refractivity contribution is 0.262. The van der Waals surface area contributed by atoms with E-state index in [1.165, 1.54) is 17.0 Å². The number of anilines is 2. The van der Waals surface area contributed by atoms with E-state index < -0.39 is 11.6 Å². The molecule has 0 spiro atoms. The van der Waals surface area contributed by atoms with Gasteiger partial charge in [0.25, 0.3) is 5.56 Å². The van der Waals surface area contributed by atoms with Crippen LogP contribution < -0.4 is 16.2 Å². The van der Waals surface area contributed by atoms with Gasteiger partial charge in [0.2, 0.25) is 5.82 Å². The zero-order chi connectivity index (χ0) is 18.7. The molecule has 0 atom stereocenters. The van der Waals surface area contributed by atoms with Crippen LogP contribution in [0.5, 0.6) is 0 Å². The Labute approximate surface area is 155 Å². The van der Waals surface area contributed by atoms with Crippen LogP contribution >= 0.6 is 11.6 Å². The summed E-state index contributed by atoms with van der Waals surface area (Å²) in [5.74, 6) is -0.0722. The first-order valence-corrected chi connectivity index (χ1v) is 8.31. The summed E-state index contributed by atoms with van der Waals surface area (Å²) in [7, 11) is 0. The molecule has 0 aliphatic carbocycles. The Bertz CT molecular complexity index is 1030. The largest absolute Gasteiger partial charge is 0.325 e. The smallest absolute Gasteiger partial charge is 0.308 e. The van der Waals surface area contributed by atoms with Crippen molar-refractivity contribution in [2.75, 3.05) is 10.6 Å². The summed E-state index contributed by atoms with van der Waals surface area (Å²) in [4.78, 5) is 28.9. The number of nitrogens with one attached hydrogen (secondary N) is 2. The lowest BCUT2D eigenvalue weighted by Gasteiger charge is -2.12. The molecule has 132 valence electrons. The minimum absolute atomic E-state index is 0.0722. The minimum atomic E-state index is -0.541. The molecule has 3 rings (SSSR count). The Morgan fingerprint density at radius 2 is 1.88 bits per heavy atom. The van der Waals surface area contributed by atoms with Gasteiger partial charge in [-0.2, -0.15) is 0 Å². The van der Waals surface area contributed by atoms with Crippen molar-refractivity contribution in [2.24, 2.45) is 0 Å². The maximum Gasteiger partial charge on any atom is 0.325 e. The van der Waals surface area contributed by atoms with Gasteiger partial charge < -0.3 is 5.32 Å². The molecule has 0 unspecified atom stereocenters. The molecule has 1 heterocycles. The van der Waals surface area contributed by atoms with Crippen LogP contribution in [0, 0.1) is 13.8 Å². The zero-order valence-electron chi connectivity index (χ0n) is 14.3. The molecular weight excluding hydrogens is 352 g/mol. The molecule has 0 radical (unpaired) electrons. The molecule has 0 aliphatic heterocycles. The molecule has 0 saturated heterocycles. The highest BCUT2D eigenvalue weighted by Crippen LogP contribution is 2.21. The topological polar surface area (TPSA) is 76.0 Å². The van der Waals surface area contributed by atoms with Gasteiger partial charge in [0.15, 0.2) is 0 Å². The maximum absolute atomic E-state index is 12.7. The maximum atomic E-state index is 12.7. The van der Waals surface area contributed by atoms with E-state index in [-0.39, 0.29) is 5.82 Å². The highest BCUT2D eigenvalue weighted by atomic mass is 35.5. The van der Waals surface area contributed by atoms with Gasteiger partial charge in [-0.15, -0.1) is 0 Å². The van der Waals surface area contributed by atoms with Gasteiger partial charge in [-0.1, -0.05) is 29.8 Å². The van der Waals surface area contributed by atoms with Crippen molar-refractivity contribution in [3.05, 3.63) is 81.4 Å². The summed E-state index contributed by atoms with van der Waals surface area (Å²) >= 11 is 6.13. The number of amides is 2. The molecule has 0 aliphatic rings. The average molecular weight is 369 g/mol. The number of aromatic nitrogens is 2. The fourth-order valence-electron chi connectivity index (χ4n) is 2.54. The Kier molecular flexibility index (Phi) is 5.04. The summed E-state index contributed by atoms with van der Waals surface area (Å²) in [5.41, 5.74) is 2.59. The number of halogens is 1. The predicted octanol–water partition coefficient (Wildman–Crippen LogP) is 4.15. The van der Waals surface area contributed by atoms with Gasteiger partial charge in [-0.25, -0.2) is 9.78 Å². The van der Waals surface area contributed by atoms with Crippen molar-refractivity contribution in [3.8, 4) is 5.69 Å². The number of nitrogens with zero attached hydrogens (tertiary/aromatic N) is 2. The third-order valence-electron chi connectivity index (χ3n) is 3.85. The van der Waals surface area contributed by atoms with Gasteiger partial charge in [0.05, 0.1) is 5.69 Å². The summed E-state index contributed by atoms with van der Waals surface area (Å²) in [5, 5.41) is 5.73. The monoisotopic (exact) mass is 368 g/mol. The molecule has 2 amide bonds. The molecule has 2 N–H and O–H groups in total. The van der Waals surface area contributed by atoms with E-state index in [1.807, 2.05) is 32.0 Å². The van der Waals surface area contributed by atoms with Crippen molar-refractivity contribution in [3.63, 3.8) is 0 Å². The van der Waals surface area contributed by atoms with Gasteiger partial charge >= 0.3 is 6.03 Å². The SMILES string of the molecule is Cc1cccc(NC(=O)Nc2nccn(-c3cccc(Cl)c3C)c2=O)c1. The zero-order valence-corrected chi connectivity index (χ0v) is 15.0. The second-order valence-corrected chi connectivity index (χ2v) is 6.19. The van der Waals surface area contributed by atoms with Crippen LogP contribution in [0.25, 0.3) is 5.69 Å². The van der Waals surface area contributed by atoms with Crippen LogP contribution in [0.1, 0.15) is 11.1 Å². The molecule has 0 fully saturated rings. The van der Waals surface area contributed by atoms with E-state index >= 15 is 0 Å². The van der Waals surface area contributed by atoms with E-state index in [9.17, 15) is 9.59 Å². The first-order valence-electron chi connectivity index (χ1n) is 7.93. The fraction of sp³-hybridized carbons (Fsp3) is 0.105. The molecule has 0 bridgehead atoms. The van der Waals surface area contributed by atoms with Crippen LogP contribution in [-0.2, 0) is 0 Å². The number of urea groups is 1. The molecular formula is C19H17ClN4O2. The standard InChI is InChI=1S/C19H17ClN4O2/c1-12-5-3-6-14(11-12)22-19(26)23-17-18(25)24(10-9-21-17)16-8-4-7-15(20)13(16)2/h3-11H,1-2H3,(H2,21,22,23,26). The number of hydrogen-bond donors (Lipinski definition) is 2. The highest BCUT2D eigenvalue weighted by Gasteiger charge is 2.12. The van der Waals surface area contributed by atoms with Gasteiger partial charge in [0.1, 0.15) is 0 Å². The fourth-order valence-corrected chi connectivity index (χ4v) is 2.71. The quantitative estimate of drug-likeness (QED) is 0.729. The number of carbonyl (C=O) groups excluding carboxylic acids is 1. The summed E-state index contributed by atoms with van der Waals surface area (Å²) < 4.78 is 1.40. The molecule has 7 heteroatoms. The van der Waals surface area contributed by atoms with Crippen LogP contribution in [0.15, 0.2) is 59.7 Å². The summed E-state index contributed by atoms with van der Waals surface area (Å²) in [6.45, 7) is 3.75. The van der Waals surface area contributed by atoms with Crippen molar-refractivity contribution in [1.82, 2.24) is 9.55 Å². The minimum Gasteiger partial charge on any atom is -0.308 e. The Hall–Kier alpha value is -3.12. The van der Waals surface area contributed by atoms with E-state index in [1.54, 1.807) is 24.3 Å². The van der Waals surface area contributed by atoms with Gasteiger partial charge in [0, 0.05) is 23.1 Å². The predicted molar refractivity (Wildman–Crippen MR) is 103 cm³/mol. The summed E-state index contributed by atoms with van der Waals surface area (Å²) in [6, 6.07) is 12.1. The van der Waals surface area contributed by atoms with Crippen molar-refractivity contribution >= 4 is 29.1 Å². The third-order valence-corrected chi connectivity index (χ3v) is 4.26. The lowest BCUT2D eigenvalue weighted by Crippen LogP contribution is -2.28. The number of hydrogen-bond acceptors (Lipinski definition) is 3. The van der Waals surface area contributed by atoms with Crippen LogP contribution in [0.2, 0.25) is 5.02 Å². The Morgan fingerprint density at radius 3 is 2.65 bits per heavy atom. The van der Waals surface area contributed by atoms with E-state index in [2.05, 4.69) is 15.6 Å². The second kappa shape index (κ2) is 7.41. The van der Waals surface area contributed by atoms with E-state index in [0.29, 0.717) is 16.4 Å². The number of aryl methyl sites for hydroxylation is 1. The van der Waals surface area contributed by atoms with E-state index in [0.717, 1.165) is 11.1 Å². The van der Waals surface area contributed by atoms with Crippen molar-refractivity contribution < 1.29 is 4.79 Å². The first-order chi connectivity index (χ1) is 12.5. The van der Waals surface area contributed by atoms with Crippen molar-refractivity contribution in [2.45, 2.75) is 13.8 Å². The normalized spacial score (nSPS) is 10.4. The highest BCUT2D eigenvalue weighted by molar-refractivity contribution is 6.31. The van der Waals surface area contributed by atoms with Crippen molar-refractivity contribution in [1.29, 1.82) is 0 Å². The van der Waals surface area contributed by atoms with Gasteiger partial charge in [-0.05, 0) is 49.2 Å². The molecule has 26 heavy (non-hydrogen) atoms. The molecule has 3 aromatic rings. The number of benzene rings is 2. The molecule has 0 saturated carbocycles. The van der Waals surface area contributed by atoms with Crippen LogP contribution in [0.3, 0.4) is 0 Å². The Morgan fingerprint density at radius 1 is 1.12 bits per heavy atom. The van der Waals surface area contributed by atoms with Crippen LogP contribution in [-0.4, -0.2) is 15.6 Å². The molecule has 2 aromatic carbocycles. The second-order valence-electron chi connectivity index (χ2n) is 5.78. The third kappa shape index (κ3) is 3.75. The Balaban J connectivity index is 1.87. The molecule has 6 nitrogen and oxygen atoms in total. The lowest BCUT2D eigenvalue weighted by atomic mass is 10.2.